The number of carbonyl (C=O) groups excluding carboxylic acids is 2. The van der Waals surface area contributed by atoms with Crippen LogP contribution in [-0.2, 0) is 25.6 Å². The van der Waals surface area contributed by atoms with Crippen molar-refractivity contribution in [3.63, 3.8) is 0 Å². The van der Waals surface area contributed by atoms with Gasteiger partial charge in [0.05, 0.1) is 58.5 Å². The first-order valence-electron chi connectivity index (χ1n) is 22.5. The number of hydrogen-bond donors (Lipinski definition) is 3. The van der Waals surface area contributed by atoms with Gasteiger partial charge < -0.3 is 24.9 Å². The first-order chi connectivity index (χ1) is 32.5. The molecule has 348 valence electrons. The predicted molar refractivity (Wildman–Crippen MR) is 263 cm³/mol. The summed E-state index contributed by atoms with van der Waals surface area (Å²) in [5.41, 5.74) is 7.17. The van der Waals surface area contributed by atoms with E-state index < -0.39 is 8.07 Å². The molecule has 2 aromatic carbocycles. The van der Waals surface area contributed by atoms with E-state index in [0.29, 0.717) is 72.9 Å². The fourth-order valence-corrected chi connectivity index (χ4v) is 9.69. The van der Waals surface area contributed by atoms with Gasteiger partial charge in [-0.2, -0.15) is 20.7 Å². The van der Waals surface area contributed by atoms with Gasteiger partial charge in [0.15, 0.2) is 11.3 Å². The van der Waals surface area contributed by atoms with Gasteiger partial charge in [0, 0.05) is 74.1 Å². The van der Waals surface area contributed by atoms with E-state index in [9.17, 15) is 14.9 Å². The third-order valence-corrected chi connectivity index (χ3v) is 15.0. The number of aromatic nitrogens is 10. The lowest BCUT2D eigenvalue weighted by Crippen LogP contribution is -2.34. The molecule has 2 saturated carbocycles. The summed E-state index contributed by atoms with van der Waals surface area (Å²) in [6.07, 6.45) is 8.33. The van der Waals surface area contributed by atoms with Gasteiger partial charge in [-0.1, -0.05) is 42.8 Å². The zero-order valence-corrected chi connectivity index (χ0v) is 41.2. The largest absolute Gasteiger partial charge is 0.361 e. The number of aryl methyl sites for hydroxylation is 2. The Morgan fingerprint density at radius 1 is 0.824 bits per heavy atom. The van der Waals surface area contributed by atoms with Gasteiger partial charge in [-0.25, -0.2) is 19.9 Å². The number of nitriles is 2. The Bertz CT molecular complexity index is 3360. The number of ether oxygens (including phenoxy) is 1. The minimum atomic E-state index is -1.23. The maximum Gasteiger partial charge on any atom is 0.255 e. The molecular formula is C48H50Cl2N14O3Si. The molecule has 10 rings (SSSR count). The molecule has 6 aromatic heterocycles. The summed E-state index contributed by atoms with van der Waals surface area (Å²) in [5, 5.41) is 36.6. The molecule has 3 N–H and O–H groups in total. The van der Waals surface area contributed by atoms with Crippen LogP contribution in [0.4, 0.5) is 0 Å². The number of carbonyl (C=O) groups is 2. The summed E-state index contributed by atoms with van der Waals surface area (Å²) in [6, 6.07) is 16.6. The number of nitrogens with one attached hydrogen (secondary N) is 3. The highest BCUT2D eigenvalue weighted by molar-refractivity contribution is 6.76. The zero-order chi connectivity index (χ0) is 48.2. The maximum atomic E-state index is 13.4. The molecule has 2 aliphatic carbocycles. The van der Waals surface area contributed by atoms with E-state index in [4.69, 9.17) is 48.2 Å². The Balaban J connectivity index is 0.000000174. The monoisotopic (exact) mass is 968 g/mol. The van der Waals surface area contributed by atoms with Crippen LogP contribution in [0.15, 0.2) is 61.2 Å². The molecular weight excluding hydrogens is 920 g/mol. The molecule has 20 heteroatoms. The summed E-state index contributed by atoms with van der Waals surface area (Å²) in [7, 11) is 2.47. The number of fused-ring (bicyclic) bond motifs is 4. The zero-order valence-electron chi connectivity index (χ0n) is 38.7. The van der Waals surface area contributed by atoms with E-state index in [1.165, 1.54) is 0 Å². The highest BCUT2D eigenvalue weighted by Gasteiger charge is 2.43. The average molecular weight is 970 g/mol. The Kier molecular flexibility index (Phi) is 12.6. The summed E-state index contributed by atoms with van der Waals surface area (Å²) >= 11 is 12.3. The quantitative estimate of drug-likeness (QED) is 0.0732. The lowest BCUT2D eigenvalue weighted by Gasteiger charge is -2.15. The molecule has 6 heterocycles. The van der Waals surface area contributed by atoms with Crippen molar-refractivity contribution in [3.05, 3.63) is 82.4 Å². The number of hydrogen-bond acceptors (Lipinski definition) is 11. The van der Waals surface area contributed by atoms with Crippen LogP contribution in [0.25, 0.3) is 66.9 Å². The molecule has 2 aliphatic rings. The van der Waals surface area contributed by atoms with Gasteiger partial charge in [-0.05, 0) is 81.0 Å². The second-order valence-corrected chi connectivity index (χ2v) is 25.5. The van der Waals surface area contributed by atoms with Gasteiger partial charge in [0.2, 0.25) is 0 Å². The van der Waals surface area contributed by atoms with E-state index in [1.807, 2.05) is 68.9 Å². The molecule has 0 saturated heterocycles. The predicted octanol–water partition coefficient (Wildman–Crippen LogP) is 8.67. The van der Waals surface area contributed by atoms with Crippen LogP contribution in [0.2, 0.25) is 35.7 Å². The SMILES string of the molecule is C[C@@H](NC(=O)c1c[nH]c2ncc(-c3nn(C)c4cc(Cl)ccc34)nc12)[C@@H]1C[C@@H]1C#N.C[C@@H](NC(=O)c1cn(COCC[Si](C)(C)C)c2ncc(-c3nn(C)c4cc(Cl)ccc34)nc12)[C@@H]1C[C@@H]1C#N. The van der Waals surface area contributed by atoms with Crippen molar-refractivity contribution in [3.8, 4) is 34.9 Å². The molecule has 2 amide bonds. The number of benzene rings is 2. The van der Waals surface area contributed by atoms with Crippen LogP contribution in [0.1, 0.15) is 47.4 Å². The first-order valence-corrected chi connectivity index (χ1v) is 26.9. The van der Waals surface area contributed by atoms with Gasteiger partial charge in [0.1, 0.15) is 40.5 Å². The Hall–Kier alpha value is -6.70. The van der Waals surface area contributed by atoms with Crippen LogP contribution >= 0.6 is 23.2 Å². The Labute approximate surface area is 402 Å². The Morgan fingerprint density at radius 2 is 1.35 bits per heavy atom. The molecule has 6 atom stereocenters. The molecule has 0 unspecified atom stereocenters. The fourth-order valence-electron chi connectivity index (χ4n) is 8.60. The smallest absolute Gasteiger partial charge is 0.255 e. The number of rotatable bonds is 13. The highest BCUT2D eigenvalue weighted by atomic mass is 35.5. The average Bonchev–Trinajstić information content (AvgIpc) is 4.13. The third-order valence-electron chi connectivity index (χ3n) is 12.8. The standard InChI is InChI=1S/C27H32ClN7O2Si.C21H18ClN7O/c1-16(20-10-17(20)12-29)31-27(36)21-14-35(15-37-8-9-38(3,4)5)26-25(21)32-22(13-30-26)24-19-7-6-18(28)11-23(19)34(2)33-24;1-10(14-5-11(14)7-23)26-21(30)15-8-24-20-19(15)27-16(9-25-20)18-13-4-3-12(22)6-17(13)29(2)28-18/h6-7,11,13-14,16-17,20H,8-10,15H2,1-5H3,(H,31,36);3-4,6,8-11,14H,5H2,1-2H3,(H,24,25)(H,26,30)/t16-,17-,20+;10-,11-,14+/m11/s1. The van der Waals surface area contributed by atoms with Crippen molar-refractivity contribution in [1.82, 2.24) is 59.7 Å². The number of H-pyrrole nitrogens is 1. The van der Waals surface area contributed by atoms with Crippen LogP contribution in [0, 0.1) is 46.3 Å². The van der Waals surface area contributed by atoms with E-state index >= 15 is 0 Å². The van der Waals surface area contributed by atoms with E-state index in [2.05, 4.69) is 62.6 Å². The van der Waals surface area contributed by atoms with Gasteiger partial charge in [0.25, 0.3) is 11.8 Å². The van der Waals surface area contributed by atoms with Crippen LogP contribution < -0.4 is 10.6 Å². The molecule has 0 aliphatic heterocycles. The number of nitrogens with zero attached hydrogens (tertiary/aromatic N) is 11. The molecule has 68 heavy (non-hydrogen) atoms. The van der Waals surface area contributed by atoms with Gasteiger partial charge in [-0.15, -0.1) is 0 Å². The highest BCUT2D eigenvalue weighted by Crippen LogP contribution is 2.41. The molecule has 0 spiro atoms. The van der Waals surface area contributed by atoms with E-state index in [1.54, 1.807) is 34.2 Å². The molecule has 0 radical (unpaired) electrons. The second kappa shape index (κ2) is 18.4. The maximum absolute atomic E-state index is 13.4. The van der Waals surface area contributed by atoms with Crippen molar-refractivity contribution in [2.45, 2.75) is 71.2 Å². The number of aromatic amines is 1. The van der Waals surface area contributed by atoms with Gasteiger partial charge in [-0.3, -0.25) is 19.0 Å². The van der Waals surface area contributed by atoms with Crippen molar-refractivity contribution >= 4 is 87.2 Å². The second-order valence-electron chi connectivity index (χ2n) is 19.0. The van der Waals surface area contributed by atoms with Crippen molar-refractivity contribution < 1.29 is 14.3 Å². The topological polar surface area (TPSA) is 223 Å². The summed E-state index contributed by atoms with van der Waals surface area (Å²) in [6.45, 7) is 11.7. The van der Waals surface area contributed by atoms with Crippen LogP contribution in [0.5, 0.6) is 0 Å². The van der Waals surface area contributed by atoms with Crippen molar-refractivity contribution in [2.24, 2.45) is 37.8 Å². The lowest BCUT2D eigenvalue weighted by atomic mass is 10.1. The van der Waals surface area contributed by atoms with E-state index in [-0.39, 0.29) is 54.3 Å². The van der Waals surface area contributed by atoms with E-state index in [0.717, 1.165) is 40.7 Å². The van der Waals surface area contributed by atoms with Crippen molar-refractivity contribution in [1.29, 1.82) is 10.5 Å². The summed E-state index contributed by atoms with van der Waals surface area (Å²) < 4.78 is 11.3. The minimum Gasteiger partial charge on any atom is -0.361 e. The number of amides is 2. The first kappa shape index (κ1) is 46.4. The number of halogens is 2. The molecule has 0 bridgehead atoms. The fraction of sp³-hybridized carbons (Fsp3) is 0.375. The lowest BCUT2D eigenvalue weighted by molar-refractivity contribution is 0.0888. The Morgan fingerprint density at radius 3 is 1.88 bits per heavy atom. The van der Waals surface area contributed by atoms with Gasteiger partial charge >= 0.3 is 0 Å². The summed E-state index contributed by atoms with van der Waals surface area (Å²) in [5.74, 6) is -0.0603. The van der Waals surface area contributed by atoms with Crippen molar-refractivity contribution in [2.75, 3.05) is 6.61 Å². The molecule has 8 aromatic rings. The molecule has 2 fully saturated rings. The normalized spacial score (nSPS) is 18.5. The van der Waals surface area contributed by atoms with Crippen LogP contribution in [-0.4, -0.2) is 87.6 Å². The van der Waals surface area contributed by atoms with Crippen LogP contribution in [0.3, 0.4) is 0 Å². The third kappa shape index (κ3) is 9.42. The molecule has 17 nitrogen and oxygen atoms in total. The summed E-state index contributed by atoms with van der Waals surface area (Å²) in [4.78, 5) is 48.0. The minimum absolute atomic E-state index is 0.00347.